The van der Waals surface area contributed by atoms with Gasteiger partial charge in [0.05, 0.1) is 5.75 Å². The van der Waals surface area contributed by atoms with E-state index in [0.29, 0.717) is 0 Å². The highest BCUT2D eigenvalue weighted by Crippen LogP contribution is 1.96. The van der Waals surface area contributed by atoms with E-state index < -0.39 is 0 Å². The number of terminal acetylenes is 1. The van der Waals surface area contributed by atoms with E-state index in [0.717, 1.165) is 30.2 Å². The molecule has 0 saturated carbocycles. The molecular formula is C9H14ClNS. The number of thioether (sulfide) groups is 1. The third kappa shape index (κ3) is 8.00. The highest BCUT2D eigenvalue weighted by molar-refractivity contribution is 7.99. The summed E-state index contributed by atoms with van der Waals surface area (Å²) in [5.74, 6) is 4.43. The number of nitrogens with one attached hydrogen (secondary N) is 1. The summed E-state index contributed by atoms with van der Waals surface area (Å²) in [7, 11) is 0. The number of rotatable bonds is 6. The summed E-state index contributed by atoms with van der Waals surface area (Å²) < 4.78 is 0. The van der Waals surface area contributed by atoms with Crippen LogP contribution in [0.15, 0.2) is 11.1 Å². The minimum Gasteiger partial charge on any atom is -0.312 e. The molecule has 0 rings (SSSR count). The van der Waals surface area contributed by atoms with Crippen LogP contribution in [0.25, 0.3) is 0 Å². The van der Waals surface area contributed by atoms with E-state index >= 15 is 0 Å². The summed E-state index contributed by atoms with van der Waals surface area (Å²) in [4.78, 5) is 0. The smallest absolute Gasteiger partial charge is 0.0545 e. The van der Waals surface area contributed by atoms with Crippen molar-refractivity contribution in [1.82, 2.24) is 5.32 Å². The van der Waals surface area contributed by atoms with Crippen LogP contribution < -0.4 is 5.32 Å². The molecule has 0 amide bonds. The SMILES string of the molecule is C#CCSCCNCC(C)=CCl. The number of hydrogen-bond acceptors (Lipinski definition) is 2. The molecule has 68 valence electrons. The summed E-state index contributed by atoms with van der Waals surface area (Å²) in [5.41, 5.74) is 2.75. The van der Waals surface area contributed by atoms with Gasteiger partial charge in [-0.25, -0.2) is 0 Å². The van der Waals surface area contributed by atoms with E-state index in [1.807, 2.05) is 6.92 Å². The van der Waals surface area contributed by atoms with Gasteiger partial charge in [0.1, 0.15) is 0 Å². The van der Waals surface area contributed by atoms with Crippen LogP contribution in [0.4, 0.5) is 0 Å². The van der Waals surface area contributed by atoms with E-state index in [-0.39, 0.29) is 0 Å². The lowest BCUT2D eigenvalue weighted by Gasteiger charge is -2.02. The van der Waals surface area contributed by atoms with E-state index in [4.69, 9.17) is 18.0 Å². The van der Waals surface area contributed by atoms with Crippen LogP contribution in [-0.2, 0) is 0 Å². The monoisotopic (exact) mass is 203 g/mol. The van der Waals surface area contributed by atoms with Crippen LogP contribution >= 0.6 is 23.4 Å². The highest BCUT2D eigenvalue weighted by Gasteiger charge is 1.88. The van der Waals surface area contributed by atoms with Gasteiger partial charge in [-0.3, -0.25) is 0 Å². The van der Waals surface area contributed by atoms with Crippen molar-refractivity contribution in [2.75, 3.05) is 24.6 Å². The second-order valence-electron chi connectivity index (χ2n) is 2.39. The van der Waals surface area contributed by atoms with Gasteiger partial charge in [0.2, 0.25) is 0 Å². The Morgan fingerprint density at radius 1 is 1.75 bits per heavy atom. The van der Waals surface area contributed by atoms with E-state index in [9.17, 15) is 0 Å². The van der Waals surface area contributed by atoms with Crippen LogP contribution in [0, 0.1) is 12.3 Å². The Morgan fingerprint density at radius 3 is 3.08 bits per heavy atom. The van der Waals surface area contributed by atoms with Crippen LogP contribution in [0.2, 0.25) is 0 Å². The number of hydrogen-bond donors (Lipinski definition) is 1. The van der Waals surface area contributed by atoms with Crippen molar-refractivity contribution >= 4 is 23.4 Å². The third-order valence-electron chi connectivity index (χ3n) is 1.20. The Balaban J connectivity index is 3.07. The first-order valence-electron chi connectivity index (χ1n) is 3.79. The van der Waals surface area contributed by atoms with E-state index in [2.05, 4.69) is 11.2 Å². The standard InChI is InChI=1S/C9H14ClNS/c1-3-5-12-6-4-11-8-9(2)7-10/h1,7,11H,4-6,8H2,2H3. The van der Waals surface area contributed by atoms with Gasteiger partial charge >= 0.3 is 0 Å². The summed E-state index contributed by atoms with van der Waals surface area (Å²) in [6.07, 6.45) is 5.10. The minimum atomic E-state index is 0.798. The van der Waals surface area contributed by atoms with Crippen molar-refractivity contribution in [2.45, 2.75) is 6.92 Å². The molecular weight excluding hydrogens is 190 g/mol. The summed E-state index contributed by atoms with van der Waals surface area (Å²) in [6, 6.07) is 0. The zero-order chi connectivity index (χ0) is 9.23. The summed E-state index contributed by atoms with van der Waals surface area (Å²) in [6.45, 7) is 3.84. The maximum Gasteiger partial charge on any atom is 0.0545 e. The lowest BCUT2D eigenvalue weighted by Crippen LogP contribution is -2.19. The summed E-state index contributed by atoms with van der Waals surface area (Å²) >= 11 is 7.24. The van der Waals surface area contributed by atoms with Gasteiger partial charge in [-0.2, -0.15) is 0 Å². The fraction of sp³-hybridized carbons (Fsp3) is 0.556. The average Bonchev–Trinajstić information content (AvgIpc) is 2.10. The fourth-order valence-corrected chi connectivity index (χ4v) is 1.23. The average molecular weight is 204 g/mol. The van der Waals surface area contributed by atoms with Crippen LogP contribution in [0.3, 0.4) is 0 Å². The van der Waals surface area contributed by atoms with Crippen molar-refractivity contribution in [2.24, 2.45) is 0 Å². The van der Waals surface area contributed by atoms with Gasteiger partial charge < -0.3 is 5.32 Å². The molecule has 1 N–H and O–H groups in total. The van der Waals surface area contributed by atoms with Crippen LogP contribution in [0.5, 0.6) is 0 Å². The molecule has 12 heavy (non-hydrogen) atoms. The van der Waals surface area contributed by atoms with Crippen molar-refractivity contribution in [3.8, 4) is 12.3 Å². The van der Waals surface area contributed by atoms with Gasteiger partial charge in [-0.1, -0.05) is 17.5 Å². The Labute approximate surface area is 83.9 Å². The van der Waals surface area contributed by atoms with Gasteiger partial charge in [-0.05, 0) is 12.5 Å². The molecule has 0 aliphatic carbocycles. The first-order chi connectivity index (χ1) is 5.81. The second-order valence-corrected chi connectivity index (χ2v) is 3.71. The van der Waals surface area contributed by atoms with E-state index in [1.165, 1.54) is 0 Å². The normalized spacial score (nSPS) is 11.2. The van der Waals surface area contributed by atoms with Crippen molar-refractivity contribution < 1.29 is 0 Å². The molecule has 0 fully saturated rings. The summed E-state index contributed by atoms with van der Waals surface area (Å²) in [5, 5.41) is 3.25. The van der Waals surface area contributed by atoms with Gasteiger partial charge in [0, 0.05) is 24.4 Å². The molecule has 3 heteroatoms. The first kappa shape index (κ1) is 11.9. The topological polar surface area (TPSA) is 12.0 Å². The molecule has 0 atom stereocenters. The first-order valence-corrected chi connectivity index (χ1v) is 5.38. The Bertz CT molecular complexity index is 172. The van der Waals surface area contributed by atoms with Crippen molar-refractivity contribution in [3.05, 3.63) is 11.1 Å². The van der Waals surface area contributed by atoms with Crippen LogP contribution in [0.1, 0.15) is 6.92 Å². The quantitative estimate of drug-likeness (QED) is 0.524. The molecule has 0 bridgehead atoms. The molecule has 0 radical (unpaired) electrons. The predicted octanol–water partition coefficient (Wildman–Crippen LogP) is 2.08. The maximum atomic E-state index is 5.48. The zero-order valence-corrected chi connectivity index (χ0v) is 8.84. The van der Waals surface area contributed by atoms with Gasteiger partial charge in [-0.15, -0.1) is 18.2 Å². The molecule has 0 aromatic heterocycles. The molecule has 0 aliphatic heterocycles. The molecule has 0 aliphatic rings. The maximum absolute atomic E-state index is 5.48. The van der Waals surface area contributed by atoms with Crippen LogP contribution in [-0.4, -0.2) is 24.6 Å². The number of halogens is 1. The molecule has 0 saturated heterocycles. The molecule has 0 aromatic carbocycles. The zero-order valence-electron chi connectivity index (χ0n) is 7.27. The molecule has 0 heterocycles. The Morgan fingerprint density at radius 2 is 2.50 bits per heavy atom. The third-order valence-corrected chi connectivity index (χ3v) is 2.43. The predicted molar refractivity (Wildman–Crippen MR) is 58.6 cm³/mol. The molecule has 1 nitrogen and oxygen atoms in total. The Kier molecular flexibility index (Phi) is 8.92. The Hall–Kier alpha value is -0.100. The molecule has 0 aromatic rings. The fourth-order valence-electron chi connectivity index (χ4n) is 0.600. The lowest BCUT2D eigenvalue weighted by molar-refractivity contribution is 0.783. The minimum absolute atomic E-state index is 0.798. The van der Waals surface area contributed by atoms with Crippen molar-refractivity contribution in [3.63, 3.8) is 0 Å². The van der Waals surface area contributed by atoms with Gasteiger partial charge in [0.25, 0.3) is 0 Å². The van der Waals surface area contributed by atoms with E-state index in [1.54, 1.807) is 17.3 Å². The second kappa shape index (κ2) is 8.99. The lowest BCUT2D eigenvalue weighted by atomic mass is 10.3. The molecule has 0 unspecified atom stereocenters. The molecule has 0 spiro atoms. The van der Waals surface area contributed by atoms with Crippen molar-refractivity contribution in [1.29, 1.82) is 0 Å². The largest absolute Gasteiger partial charge is 0.312 e. The highest BCUT2D eigenvalue weighted by atomic mass is 35.5. The van der Waals surface area contributed by atoms with Gasteiger partial charge in [0.15, 0.2) is 0 Å².